The van der Waals surface area contributed by atoms with Gasteiger partial charge in [-0.25, -0.2) is 4.79 Å². The monoisotopic (exact) mass is 240 g/mol. The number of alkyl carbamates (subject to hydrolysis) is 1. The van der Waals surface area contributed by atoms with E-state index >= 15 is 0 Å². The van der Waals surface area contributed by atoms with Crippen molar-refractivity contribution in [1.82, 2.24) is 5.32 Å². The Morgan fingerprint density at radius 1 is 1.18 bits per heavy atom. The summed E-state index contributed by atoms with van der Waals surface area (Å²) in [4.78, 5) is 11.5. The molecule has 0 bridgehead atoms. The predicted octanol–water partition coefficient (Wildman–Crippen LogP) is 2.03. The number of ether oxygens (including phenoxy) is 1. The molecule has 0 saturated heterocycles. The normalized spacial score (nSPS) is 36.7. The molecule has 0 radical (unpaired) electrons. The summed E-state index contributed by atoms with van der Waals surface area (Å²) in [6.45, 7) is 5.64. The summed E-state index contributed by atoms with van der Waals surface area (Å²) in [6.07, 6.45) is 4.24. The molecule has 98 valence electrons. The highest BCUT2D eigenvalue weighted by Crippen LogP contribution is 2.43. The summed E-state index contributed by atoms with van der Waals surface area (Å²) in [6, 6.07) is 0.740. The van der Waals surface area contributed by atoms with E-state index in [1.165, 1.54) is 12.8 Å². The topological polar surface area (TPSA) is 64.3 Å². The Balaban J connectivity index is 1.62. The largest absolute Gasteiger partial charge is 0.444 e. The molecule has 2 rings (SSSR count). The van der Waals surface area contributed by atoms with Crippen molar-refractivity contribution in [3.05, 3.63) is 0 Å². The zero-order chi connectivity index (χ0) is 12.6. The van der Waals surface area contributed by atoms with Crippen molar-refractivity contribution in [2.24, 2.45) is 17.6 Å². The summed E-state index contributed by atoms with van der Waals surface area (Å²) in [5.74, 6) is 1.58. The van der Waals surface area contributed by atoms with Gasteiger partial charge in [0.1, 0.15) is 5.60 Å². The SMILES string of the molecule is CC(C)(C)OC(=O)NC1CC(C2CC(N)C2)C1. The van der Waals surface area contributed by atoms with Crippen LogP contribution in [0.2, 0.25) is 0 Å². The highest BCUT2D eigenvalue weighted by molar-refractivity contribution is 5.68. The van der Waals surface area contributed by atoms with Gasteiger partial charge in [-0.1, -0.05) is 0 Å². The van der Waals surface area contributed by atoms with Gasteiger partial charge >= 0.3 is 6.09 Å². The number of nitrogens with two attached hydrogens (primary N) is 1. The number of hydrogen-bond donors (Lipinski definition) is 2. The van der Waals surface area contributed by atoms with E-state index in [0.29, 0.717) is 12.1 Å². The van der Waals surface area contributed by atoms with Crippen LogP contribution in [0.4, 0.5) is 4.79 Å². The van der Waals surface area contributed by atoms with Crippen molar-refractivity contribution in [2.75, 3.05) is 0 Å². The fraction of sp³-hybridized carbons (Fsp3) is 0.923. The van der Waals surface area contributed by atoms with Crippen LogP contribution in [0.1, 0.15) is 46.5 Å². The van der Waals surface area contributed by atoms with E-state index in [1.807, 2.05) is 20.8 Å². The van der Waals surface area contributed by atoms with Crippen molar-refractivity contribution in [3.8, 4) is 0 Å². The Labute approximate surface area is 103 Å². The van der Waals surface area contributed by atoms with E-state index in [0.717, 1.165) is 24.7 Å². The molecule has 2 fully saturated rings. The first-order chi connectivity index (χ1) is 7.83. The number of rotatable bonds is 2. The van der Waals surface area contributed by atoms with E-state index in [-0.39, 0.29) is 6.09 Å². The molecule has 2 aliphatic rings. The van der Waals surface area contributed by atoms with E-state index in [4.69, 9.17) is 10.5 Å². The van der Waals surface area contributed by atoms with Gasteiger partial charge in [0.25, 0.3) is 0 Å². The number of amides is 1. The standard InChI is InChI=1S/C13H24N2O2/c1-13(2,3)17-12(16)15-11-6-9(7-11)8-4-10(14)5-8/h8-11H,4-7,14H2,1-3H3,(H,15,16). The van der Waals surface area contributed by atoms with Crippen molar-refractivity contribution in [1.29, 1.82) is 0 Å². The van der Waals surface area contributed by atoms with Gasteiger partial charge < -0.3 is 15.8 Å². The molecule has 0 unspecified atom stereocenters. The van der Waals surface area contributed by atoms with Gasteiger partial charge in [0.2, 0.25) is 0 Å². The molecule has 2 aliphatic carbocycles. The summed E-state index contributed by atoms with van der Waals surface area (Å²) < 4.78 is 5.23. The molecule has 1 amide bonds. The van der Waals surface area contributed by atoms with Crippen LogP contribution in [-0.2, 0) is 4.74 Å². The van der Waals surface area contributed by atoms with Crippen LogP contribution in [0.15, 0.2) is 0 Å². The van der Waals surface area contributed by atoms with Crippen molar-refractivity contribution < 1.29 is 9.53 Å². The molecule has 4 heteroatoms. The Hall–Kier alpha value is -0.770. The van der Waals surface area contributed by atoms with Crippen LogP contribution < -0.4 is 11.1 Å². The maximum Gasteiger partial charge on any atom is 0.407 e. The Morgan fingerprint density at radius 2 is 1.71 bits per heavy atom. The molecular formula is C13H24N2O2. The maximum atomic E-state index is 11.5. The zero-order valence-corrected chi connectivity index (χ0v) is 11.0. The van der Waals surface area contributed by atoms with Crippen molar-refractivity contribution in [3.63, 3.8) is 0 Å². The van der Waals surface area contributed by atoms with E-state index in [9.17, 15) is 4.79 Å². The minimum Gasteiger partial charge on any atom is -0.444 e. The summed E-state index contributed by atoms with van der Waals surface area (Å²) in [7, 11) is 0. The molecule has 0 atom stereocenters. The van der Waals surface area contributed by atoms with Gasteiger partial charge in [0, 0.05) is 12.1 Å². The van der Waals surface area contributed by atoms with E-state index < -0.39 is 5.60 Å². The van der Waals surface area contributed by atoms with Gasteiger partial charge in [0.05, 0.1) is 0 Å². The molecule has 0 aromatic rings. The third-order valence-corrected chi connectivity index (χ3v) is 3.77. The fourth-order valence-corrected chi connectivity index (χ4v) is 2.73. The van der Waals surface area contributed by atoms with Crippen LogP contribution in [0.3, 0.4) is 0 Å². The lowest BCUT2D eigenvalue weighted by Gasteiger charge is -2.46. The van der Waals surface area contributed by atoms with Crippen LogP contribution >= 0.6 is 0 Å². The molecule has 0 heterocycles. The molecule has 0 aromatic heterocycles. The minimum absolute atomic E-state index is 0.286. The minimum atomic E-state index is -0.409. The summed E-state index contributed by atoms with van der Waals surface area (Å²) in [5.41, 5.74) is 5.37. The fourth-order valence-electron chi connectivity index (χ4n) is 2.73. The average molecular weight is 240 g/mol. The van der Waals surface area contributed by atoms with Crippen LogP contribution in [0.25, 0.3) is 0 Å². The highest BCUT2D eigenvalue weighted by Gasteiger charge is 2.41. The molecule has 4 nitrogen and oxygen atoms in total. The van der Waals surface area contributed by atoms with Gasteiger partial charge in [-0.2, -0.15) is 0 Å². The molecule has 3 N–H and O–H groups in total. The Bertz CT molecular complexity index is 286. The number of carbonyl (C=O) groups excluding carboxylic acids is 1. The number of carbonyl (C=O) groups is 1. The lowest BCUT2D eigenvalue weighted by atomic mass is 9.63. The molecule has 17 heavy (non-hydrogen) atoms. The Kier molecular flexibility index (Phi) is 3.34. The van der Waals surface area contributed by atoms with Gasteiger partial charge in [0.15, 0.2) is 0 Å². The second-order valence-electron chi connectivity index (χ2n) is 6.57. The average Bonchev–Trinajstić information content (AvgIpc) is 2.02. The molecule has 2 saturated carbocycles. The molecular weight excluding hydrogens is 216 g/mol. The van der Waals surface area contributed by atoms with Crippen LogP contribution in [0, 0.1) is 11.8 Å². The predicted molar refractivity (Wildman–Crippen MR) is 66.6 cm³/mol. The highest BCUT2D eigenvalue weighted by atomic mass is 16.6. The third-order valence-electron chi connectivity index (χ3n) is 3.77. The lowest BCUT2D eigenvalue weighted by Crippen LogP contribution is -2.51. The molecule has 0 spiro atoms. The van der Waals surface area contributed by atoms with Gasteiger partial charge in [-0.15, -0.1) is 0 Å². The zero-order valence-electron chi connectivity index (χ0n) is 11.0. The van der Waals surface area contributed by atoms with Crippen molar-refractivity contribution >= 4 is 6.09 Å². The number of nitrogens with one attached hydrogen (secondary N) is 1. The molecule has 0 aromatic carbocycles. The van der Waals surface area contributed by atoms with E-state index in [2.05, 4.69) is 5.32 Å². The second-order valence-corrected chi connectivity index (χ2v) is 6.57. The third kappa shape index (κ3) is 3.35. The van der Waals surface area contributed by atoms with Crippen LogP contribution in [0.5, 0.6) is 0 Å². The molecule has 0 aliphatic heterocycles. The van der Waals surface area contributed by atoms with Crippen LogP contribution in [-0.4, -0.2) is 23.8 Å². The first-order valence-corrected chi connectivity index (χ1v) is 6.58. The summed E-state index contributed by atoms with van der Waals surface area (Å²) >= 11 is 0. The summed E-state index contributed by atoms with van der Waals surface area (Å²) in [5, 5.41) is 2.92. The second kappa shape index (κ2) is 4.48. The van der Waals surface area contributed by atoms with Gasteiger partial charge in [-0.3, -0.25) is 0 Å². The smallest absolute Gasteiger partial charge is 0.407 e. The quantitative estimate of drug-likeness (QED) is 0.776. The lowest BCUT2D eigenvalue weighted by molar-refractivity contribution is 0.0355. The first kappa shape index (κ1) is 12.7. The van der Waals surface area contributed by atoms with E-state index in [1.54, 1.807) is 0 Å². The first-order valence-electron chi connectivity index (χ1n) is 6.58. The maximum absolute atomic E-state index is 11.5. The number of hydrogen-bond acceptors (Lipinski definition) is 3. The van der Waals surface area contributed by atoms with Gasteiger partial charge in [-0.05, 0) is 58.3 Å². The van der Waals surface area contributed by atoms with Crippen molar-refractivity contribution in [2.45, 2.75) is 64.1 Å². The Morgan fingerprint density at radius 3 is 2.18 bits per heavy atom.